The lowest BCUT2D eigenvalue weighted by Gasteiger charge is -2.12. The van der Waals surface area contributed by atoms with Crippen LogP contribution in [0.1, 0.15) is 25.2 Å². The number of hydrogen-bond donors (Lipinski definition) is 3. The van der Waals surface area contributed by atoms with Gasteiger partial charge < -0.3 is 14.7 Å². The van der Waals surface area contributed by atoms with E-state index < -0.39 is 28.1 Å². The van der Waals surface area contributed by atoms with Gasteiger partial charge in [0.1, 0.15) is 9.90 Å². The molecule has 1 aliphatic carbocycles. The summed E-state index contributed by atoms with van der Waals surface area (Å²) >= 11 is 0.844. The van der Waals surface area contributed by atoms with E-state index in [1.807, 2.05) is 44.2 Å². The Hall–Kier alpha value is -2.90. The van der Waals surface area contributed by atoms with Crippen LogP contribution in [0.3, 0.4) is 0 Å². The van der Waals surface area contributed by atoms with Gasteiger partial charge in [-0.3, -0.25) is 0 Å². The summed E-state index contributed by atoms with van der Waals surface area (Å²) in [5.74, 6) is -1.13. The first kappa shape index (κ1) is 24.7. The fourth-order valence-electron chi connectivity index (χ4n) is 3.54. The summed E-state index contributed by atoms with van der Waals surface area (Å²) in [7, 11) is -3.83. The fraction of sp³-hybridized carbons (Fsp3) is 0.300. The predicted molar refractivity (Wildman–Crippen MR) is 113 cm³/mol. The topological polar surface area (TPSA) is 130 Å². The molecule has 0 spiro atoms. The Labute approximate surface area is 190 Å². The number of halogens is 3. The first-order chi connectivity index (χ1) is 15.3. The Balaban J connectivity index is 0.000000709. The summed E-state index contributed by atoms with van der Waals surface area (Å²) in [5, 5.41) is 17.3. The van der Waals surface area contributed by atoms with Crippen LogP contribution in [0.15, 0.2) is 57.3 Å². The van der Waals surface area contributed by atoms with Crippen molar-refractivity contribution in [3.8, 4) is 10.6 Å². The Kier molecular flexibility index (Phi) is 6.60. The molecule has 178 valence electrons. The van der Waals surface area contributed by atoms with E-state index in [1.54, 1.807) is 0 Å². The van der Waals surface area contributed by atoms with Crippen molar-refractivity contribution in [2.75, 3.05) is 0 Å². The normalized spacial score (nSPS) is 22.3. The third-order valence-corrected chi connectivity index (χ3v) is 8.59. The maximum atomic E-state index is 12.8. The second-order valence-corrected chi connectivity index (χ2v) is 10.5. The number of alkyl halides is 3. The van der Waals surface area contributed by atoms with Crippen LogP contribution >= 0.6 is 11.3 Å². The molecule has 3 N–H and O–H groups in total. The van der Waals surface area contributed by atoms with E-state index in [1.165, 1.54) is 12.1 Å². The second kappa shape index (κ2) is 8.80. The predicted octanol–water partition coefficient (Wildman–Crippen LogP) is 4.90. The van der Waals surface area contributed by atoms with Gasteiger partial charge >= 0.3 is 12.3 Å². The third kappa shape index (κ3) is 5.20. The number of aromatic nitrogens is 1. The summed E-state index contributed by atoms with van der Waals surface area (Å²) < 4.78 is 70.7. The number of hydrogen-bond acceptors (Lipinski definition) is 6. The molecule has 3 atom stereocenters. The van der Waals surface area contributed by atoms with Crippen LogP contribution in [0.25, 0.3) is 10.6 Å². The lowest BCUT2D eigenvalue weighted by Crippen LogP contribution is -2.30. The van der Waals surface area contributed by atoms with Crippen LogP contribution in [0.4, 0.5) is 18.0 Å². The third-order valence-electron chi connectivity index (χ3n) is 5.55. The molecule has 13 heteroatoms. The average molecular weight is 505 g/mol. The van der Waals surface area contributed by atoms with E-state index in [2.05, 4.69) is 14.4 Å². The van der Waals surface area contributed by atoms with Crippen molar-refractivity contribution in [2.24, 2.45) is 5.92 Å². The molecule has 0 radical (unpaired) electrons. The van der Waals surface area contributed by atoms with Gasteiger partial charge in [-0.05, 0) is 23.6 Å². The number of benzene rings is 1. The minimum Gasteiger partial charge on any atom is -0.450 e. The van der Waals surface area contributed by atoms with E-state index in [-0.39, 0.29) is 32.2 Å². The highest BCUT2D eigenvalue weighted by molar-refractivity contribution is 7.91. The number of rotatable bonds is 5. The molecule has 1 saturated carbocycles. The molecule has 0 aliphatic heterocycles. The molecule has 2 heterocycles. The zero-order valence-corrected chi connectivity index (χ0v) is 18.8. The van der Waals surface area contributed by atoms with Crippen molar-refractivity contribution in [3.05, 3.63) is 59.9 Å². The minimum absolute atomic E-state index is 0.0126. The molecule has 0 unspecified atom stereocenters. The zero-order chi connectivity index (χ0) is 24.6. The largest absolute Gasteiger partial charge is 0.503 e. The van der Waals surface area contributed by atoms with Gasteiger partial charge in [-0.25, -0.2) is 17.9 Å². The van der Waals surface area contributed by atoms with E-state index in [4.69, 9.17) is 15.0 Å². The molecular weight excluding hydrogens is 485 g/mol. The number of nitrogens with one attached hydrogen (secondary N) is 1. The summed E-state index contributed by atoms with van der Waals surface area (Å²) in [4.78, 5) is 8.83. The Morgan fingerprint density at radius 2 is 1.79 bits per heavy atom. The molecule has 4 rings (SSSR count). The van der Waals surface area contributed by atoms with Crippen molar-refractivity contribution >= 4 is 27.5 Å². The molecule has 2 aromatic heterocycles. The van der Waals surface area contributed by atoms with Crippen LogP contribution in [0.2, 0.25) is 0 Å². The van der Waals surface area contributed by atoms with Crippen molar-refractivity contribution in [2.45, 2.75) is 35.7 Å². The van der Waals surface area contributed by atoms with Crippen molar-refractivity contribution in [1.82, 2.24) is 9.88 Å². The average Bonchev–Trinajstić information content (AvgIpc) is 3.21. The van der Waals surface area contributed by atoms with Crippen LogP contribution in [-0.2, 0) is 21.6 Å². The van der Waals surface area contributed by atoms with Crippen molar-refractivity contribution in [1.29, 1.82) is 0 Å². The number of carboxylic acid groups (broad SMARTS) is 2. The van der Waals surface area contributed by atoms with Gasteiger partial charge in [0, 0.05) is 17.5 Å². The van der Waals surface area contributed by atoms with Gasteiger partial charge in [0.2, 0.25) is 15.8 Å². The molecule has 1 aliphatic rings. The SMILES string of the molecule is C[C@H]1[C@H](NS(=O)(=O)c2ccc(-c3cc(C(F)(F)F)on3)s2)[C@@]1(C)c1ccccc1.O=C(O)O. The van der Waals surface area contributed by atoms with Gasteiger partial charge in [-0.2, -0.15) is 13.2 Å². The molecule has 0 saturated heterocycles. The molecule has 3 aromatic rings. The van der Waals surface area contributed by atoms with Crippen LogP contribution < -0.4 is 4.72 Å². The monoisotopic (exact) mass is 504 g/mol. The Bertz CT molecular complexity index is 1240. The van der Waals surface area contributed by atoms with Crippen LogP contribution in [0.5, 0.6) is 0 Å². The molecule has 8 nitrogen and oxygen atoms in total. The maximum absolute atomic E-state index is 12.8. The molecule has 33 heavy (non-hydrogen) atoms. The van der Waals surface area contributed by atoms with Crippen LogP contribution in [-0.4, -0.2) is 36.0 Å². The summed E-state index contributed by atoms with van der Waals surface area (Å²) in [5.41, 5.74) is 0.675. The Morgan fingerprint density at radius 1 is 1.18 bits per heavy atom. The highest BCUT2D eigenvalue weighted by Gasteiger charge is 2.60. The van der Waals surface area contributed by atoms with E-state index in [9.17, 15) is 21.6 Å². The minimum atomic E-state index is -4.65. The van der Waals surface area contributed by atoms with E-state index in [0.717, 1.165) is 23.0 Å². The Morgan fingerprint density at radius 3 is 2.33 bits per heavy atom. The first-order valence-corrected chi connectivity index (χ1v) is 11.7. The number of carbonyl (C=O) groups is 1. The highest BCUT2D eigenvalue weighted by atomic mass is 32.2. The van der Waals surface area contributed by atoms with Gasteiger partial charge in [0.25, 0.3) is 0 Å². The summed E-state index contributed by atoms with van der Waals surface area (Å²) in [6.07, 6.45) is -6.48. The van der Waals surface area contributed by atoms with E-state index >= 15 is 0 Å². The fourth-order valence-corrected chi connectivity index (χ4v) is 6.23. The van der Waals surface area contributed by atoms with Gasteiger partial charge in [-0.15, -0.1) is 11.3 Å². The quantitative estimate of drug-likeness (QED) is 0.451. The van der Waals surface area contributed by atoms with E-state index in [0.29, 0.717) is 0 Å². The summed E-state index contributed by atoms with van der Waals surface area (Å²) in [6, 6.07) is 12.9. The molecule has 0 bridgehead atoms. The number of sulfonamides is 1. The van der Waals surface area contributed by atoms with Gasteiger partial charge in [0.15, 0.2) is 0 Å². The smallest absolute Gasteiger partial charge is 0.450 e. The van der Waals surface area contributed by atoms with Gasteiger partial charge in [-0.1, -0.05) is 49.3 Å². The maximum Gasteiger partial charge on any atom is 0.503 e. The number of nitrogens with zero attached hydrogens (tertiary/aromatic N) is 1. The summed E-state index contributed by atoms with van der Waals surface area (Å²) in [6.45, 7) is 3.99. The second-order valence-electron chi connectivity index (χ2n) is 7.51. The van der Waals surface area contributed by atoms with Gasteiger partial charge in [0.05, 0.1) is 4.88 Å². The molecular formula is C20H19F3N2O6S2. The molecule has 1 aromatic carbocycles. The van der Waals surface area contributed by atoms with Crippen LogP contribution in [0, 0.1) is 5.92 Å². The first-order valence-electron chi connectivity index (χ1n) is 9.40. The molecule has 0 amide bonds. The lowest BCUT2D eigenvalue weighted by atomic mass is 9.95. The standard InChI is InChI=1S/C19H17F3N2O3S2.CH2O3/c1-11-17(18(11,2)12-6-4-3-5-7-12)24-29(25,26)16-9-8-14(28-16)13-10-15(27-23-13)19(20,21)22;2-1(3)4/h3-11,17,24H,1-2H3;(H2,2,3,4)/t11-,17-,18+;/m0./s1. The highest BCUT2D eigenvalue weighted by Crippen LogP contribution is 2.54. The number of thiophene rings is 1. The zero-order valence-electron chi connectivity index (χ0n) is 17.2. The van der Waals surface area contributed by atoms with Crippen molar-refractivity contribution < 1.29 is 41.1 Å². The molecule has 1 fully saturated rings. The van der Waals surface area contributed by atoms with Crippen molar-refractivity contribution in [3.63, 3.8) is 0 Å². The lowest BCUT2D eigenvalue weighted by molar-refractivity contribution is -0.155.